The van der Waals surface area contributed by atoms with E-state index in [2.05, 4.69) is 4.74 Å². The van der Waals surface area contributed by atoms with Crippen molar-refractivity contribution in [3.05, 3.63) is 12.1 Å². The first-order valence-electron chi connectivity index (χ1n) is 7.26. The number of hydrogen-bond donors (Lipinski definition) is 0. The Balaban J connectivity index is 3.33. The summed E-state index contributed by atoms with van der Waals surface area (Å²) < 4.78 is 64.4. The van der Waals surface area contributed by atoms with Crippen LogP contribution in [0.5, 0.6) is 0 Å². The molecule has 2 unspecified atom stereocenters. The van der Waals surface area contributed by atoms with Crippen molar-refractivity contribution in [1.29, 1.82) is 5.26 Å². The number of hydrogen-bond acceptors (Lipinski definition) is 3. The Morgan fingerprint density at radius 2 is 2.54 bits per heavy atom. The van der Waals surface area contributed by atoms with Gasteiger partial charge in [-0.25, -0.2) is 0 Å². The van der Waals surface area contributed by atoms with Crippen molar-refractivity contribution in [3.8, 4) is 6.07 Å². The summed E-state index contributed by atoms with van der Waals surface area (Å²) in [5, 5.41) is 8.42. The fourth-order valence-corrected chi connectivity index (χ4v) is 0.716. The maximum Gasteiger partial charge on any atom is 0.0758 e. The standard InChI is InChI=1S/C10H15NO2/c1-12-9-3-5-10(6-4-9)13-8-2-7-11/h3,5,9-10H,2,4,6,8H2,1H3/i3D,4D2,6D2,9D,10D. The second-order valence-corrected chi connectivity index (χ2v) is 2.19. The molecular weight excluding hydrogens is 166 g/mol. The Morgan fingerprint density at radius 1 is 1.77 bits per heavy atom. The van der Waals surface area contributed by atoms with Gasteiger partial charge in [0, 0.05) is 12.6 Å². The highest BCUT2D eigenvalue weighted by atomic mass is 16.5. The second kappa shape index (κ2) is 5.74. The number of nitrogens with zero attached hydrogens (tertiary/aromatic N) is 1. The molecule has 0 bridgehead atoms. The van der Waals surface area contributed by atoms with Crippen molar-refractivity contribution in [2.45, 2.75) is 31.3 Å². The molecule has 1 rings (SSSR count). The fraction of sp³-hybridized carbons (Fsp3) is 0.700. The van der Waals surface area contributed by atoms with E-state index in [1.807, 2.05) is 0 Å². The molecule has 2 atom stereocenters. The first-order valence-corrected chi connectivity index (χ1v) is 3.76. The van der Waals surface area contributed by atoms with Gasteiger partial charge in [0.25, 0.3) is 0 Å². The van der Waals surface area contributed by atoms with Crippen molar-refractivity contribution in [2.75, 3.05) is 13.7 Å². The lowest BCUT2D eigenvalue weighted by Crippen LogP contribution is -2.20. The Kier molecular flexibility index (Phi) is 1.82. The van der Waals surface area contributed by atoms with E-state index >= 15 is 0 Å². The molecule has 3 heteroatoms. The third-order valence-corrected chi connectivity index (χ3v) is 1.31. The van der Waals surface area contributed by atoms with Gasteiger partial charge in [-0.15, -0.1) is 0 Å². The van der Waals surface area contributed by atoms with E-state index < -0.39 is 31.0 Å². The van der Waals surface area contributed by atoms with Crippen LogP contribution in [0, 0.1) is 11.3 Å². The number of ether oxygens (including phenoxy) is 2. The second-order valence-electron chi connectivity index (χ2n) is 2.19. The quantitative estimate of drug-likeness (QED) is 0.497. The van der Waals surface area contributed by atoms with Crippen LogP contribution >= 0.6 is 0 Å². The number of methoxy groups -OCH3 is 1. The summed E-state index contributed by atoms with van der Waals surface area (Å²) in [4.78, 5) is 0. The van der Waals surface area contributed by atoms with Gasteiger partial charge in [0.15, 0.2) is 0 Å². The molecule has 0 amide bonds. The van der Waals surface area contributed by atoms with Crippen molar-refractivity contribution in [2.24, 2.45) is 0 Å². The van der Waals surface area contributed by atoms with E-state index in [1.165, 1.54) is 0 Å². The molecule has 1 aliphatic rings. The molecule has 3 nitrogen and oxygen atoms in total. The molecular formula is C10H15NO2. The molecule has 0 spiro atoms. The van der Waals surface area contributed by atoms with E-state index in [-0.39, 0.29) is 13.0 Å². The van der Waals surface area contributed by atoms with Gasteiger partial charge in [0.05, 0.1) is 35.4 Å². The van der Waals surface area contributed by atoms with Crippen molar-refractivity contribution < 1.29 is 19.1 Å². The lowest BCUT2D eigenvalue weighted by molar-refractivity contribution is 0.0533. The third-order valence-electron chi connectivity index (χ3n) is 1.31. The van der Waals surface area contributed by atoms with Crippen LogP contribution in [0.2, 0.25) is 0 Å². The highest BCUT2D eigenvalue weighted by Gasteiger charge is 2.14. The van der Waals surface area contributed by atoms with Gasteiger partial charge in [-0.05, 0) is 12.7 Å². The van der Waals surface area contributed by atoms with Crippen molar-refractivity contribution >= 4 is 0 Å². The molecule has 0 saturated carbocycles. The summed E-state index contributed by atoms with van der Waals surface area (Å²) in [7, 11) is 0.997. The Bertz CT molecular complexity index is 461. The van der Waals surface area contributed by atoms with Crippen LogP contribution in [-0.4, -0.2) is 25.9 Å². The summed E-state index contributed by atoms with van der Waals surface area (Å²) in [6.07, 6.45) is -10.4. The van der Waals surface area contributed by atoms with E-state index in [9.17, 15) is 0 Å². The molecule has 1 aliphatic carbocycles. The summed E-state index contributed by atoms with van der Waals surface area (Å²) in [5.41, 5.74) is 0. The van der Waals surface area contributed by atoms with Gasteiger partial charge >= 0.3 is 0 Å². The van der Waals surface area contributed by atoms with Gasteiger partial charge in [-0.2, -0.15) is 5.26 Å². The number of rotatable bonds is 4. The number of nitriles is 1. The Hall–Kier alpha value is -0.850. The minimum atomic E-state index is -2.99. The maximum absolute atomic E-state index is 8.42. The monoisotopic (exact) mass is 188 g/mol. The van der Waals surface area contributed by atoms with Gasteiger partial charge < -0.3 is 9.47 Å². The molecule has 0 fully saturated rings. The molecule has 0 aromatic heterocycles. The Labute approximate surface area is 88.8 Å². The van der Waals surface area contributed by atoms with Gasteiger partial charge in [0.1, 0.15) is 0 Å². The average Bonchev–Trinajstić information content (AvgIpc) is 2.35. The topological polar surface area (TPSA) is 42.2 Å². The largest absolute Gasteiger partial charge is 0.377 e. The zero-order chi connectivity index (χ0) is 15.8. The lowest BCUT2D eigenvalue weighted by Gasteiger charge is -2.21. The van der Waals surface area contributed by atoms with Gasteiger partial charge in [-0.1, -0.05) is 12.1 Å². The molecule has 0 aromatic carbocycles. The van der Waals surface area contributed by atoms with Crippen LogP contribution in [-0.2, 0) is 9.47 Å². The molecule has 72 valence electrons. The molecule has 0 aromatic rings. The molecule has 0 aliphatic heterocycles. The highest BCUT2D eigenvalue weighted by Crippen LogP contribution is 2.16. The summed E-state index contributed by atoms with van der Waals surface area (Å²) in [6, 6.07) is 1.06. The zero-order valence-corrected chi connectivity index (χ0v) is 7.26. The average molecular weight is 188 g/mol. The molecule has 13 heavy (non-hydrogen) atoms. The normalized spacial score (nSPS) is 54.8. The minimum absolute atomic E-state index is 0.100. The highest BCUT2D eigenvalue weighted by molar-refractivity contribution is 5.00. The smallest absolute Gasteiger partial charge is 0.0758 e. The first kappa shape index (κ1) is 4.12. The maximum atomic E-state index is 8.42. The zero-order valence-electron chi connectivity index (χ0n) is 14.3. The SMILES string of the molecule is [2H]C1=CC([2H])(OCCC#N)C([2H])([2H])C([2H])([2H])C1([2H])OC. The summed E-state index contributed by atoms with van der Waals surface area (Å²) >= 11 is 0. The van der Waals surface area contributed by atoms with Crippen LogP contribution in [0.1, 0.15) is 28.8 Å². The first-order chi connectivity index (χ1) is 9.00. The molecule has 0 saturated heterocycles. The van der Waals surface area contributed by atoms with Crippen LogP contribution < -0.4 is 0 Å². The van der Waals surface area contributed by atoms with Crippen molar-refractivity contribution in [1.82, 2.24) is 0 Å². The van der Waals surface area contributed by atoms with E-state index in [4.69, 9.17) is 19.6 Å². The van der Waals surface area contributed by atoms with Crippen LogP contribution in [0.4, 0.5) is 0 Å². The molecule has 0 heterocycles. The Morgan fingerprint density at radius 3 is 3.23 bits per heavy atom. The molecule has 0 N–H and O–H groups in total. The van der Waals surface area contributed by atoms with Gasteiger partial charge in [0.2, 0.25) is 0 Å². The van der Waals surface area contributed by atoms with Gasteiger partial charge in [-0.3, -0.25) is 0 Å². The van der Waals surface area contributed by atoms with E-state index in [0.717, 1.165) is 7.11 Å². The third kappa shape index (κ3) is 3.58. The summed E-state index contributed by atoms with van der Waals surface area (Å²) in [6.45, 7) is -0.280. The predicted octanol–water partition coefficient (Wildman–Crippen LogP) is 1.65. The fourth-order valence-electron chi connectivity index (χ4n) is 0.716. The van der Waals surface area contributed by atoms with E-state index in [0.29, 0.717) is 6.08 Å². The van der Waals surface area contributed by atoms with E-state index in [1.54, 1.807) is 6.07 Å². The molecule has 0 radical (unpaired) electrons. The minimum Gasteiger partial charge on any atom is -0.377 e. The van der Waals surface area contributed by atoms with Crippen molar-refractivity contribution in [3.63, 3.8) is 0 Å². The predicted molar refractivity (Wildman–Crippen MR) is 49.1 cm³/mol. The van der Waals surface area contributed by atoms with Crippen LogP contribution in [0.25, 0.3) is 0 Å². The van der Waals surface area contributed by atoms with Crippen LogP contribution in [0.3, 0.4) is 0 Å². The lowest BCUT2D eigenvalue weighted by atomic mass is 10.0. The summed E-state index contributed by atoms with van der Waals surface area (Å²) in [5.74, 6) is 0. The van der Waals surface area contributed by atoms with Crippen LogP contribution in [0.15, 0.2) is 12.1 Å².